The van der Waals surface area contributed by atoms with Crippen molar-refractivity contribution in [1.82, 2.24) is 9.97 Å². The van der Waals surface area contributed by atoms with E-state index in [2.05, 4.69) is 10.2 Å². The lowest BCUT2D eigenvalue weighted by molar-refractivity contribution is -0.137. The Hall–Kier alpha value is -2.20. The van der Waals surface area contributed by atoms with Crippen molar-refractivity contribution in [1.29, 1.82) is 0 Å². The molecule has 0 radical (unpaired) electrons. The molecule has 6 nitrogen and oxygen atoms in total. The molecule has 178 valence electrons. The van der Waals surface area contributed by atoms with Gasteiger partial charge in [0, 0.05) is 44.5 Å². The molecular weight excluding hydrogens is 453 g/mol. The Morgan fingerprint density at radius 2 is 1.73 bits per heavy atom. The normalized spacial score (nSPS) is 22.4. The fourth-order valence-electron chi connectivity index (χ4n) is 4.82. The van der Waals surface area contributed by atoms with Crippen molar-refractivity contribution in [3.05, 3.63) is 41.1 Å². The van der Waals surface area contributed by atoms with Crippen LogP contribution < -0.4 is 10.2 Å². The summed E-state index contributed by atoms with van der Waals surface area (Å²) in [5, 5.41) is 3.50. The molecule has 33 heavy (non-hydrogen) atoms. The lowest BCUT2D eigenvalue weighted by Crippen LogP contribution is -2.35. The number of nitrogens with zero attached hydrogens (tertiary/aromatic N) is 3. The summed E-state index contributed by atoms with van der Waals surface area (Å²) in [6.07, 6.45) is -0.214. The van der Waals surface area contributed by atoms with Crippen molar-refractivity contribution in [2.24, 2.45) is 0 Å². The Morgan fingerprint density at radius 1 is 1.03 bits per heavy atom. The largest absolute Gasteiger partial charge is 0.416 e. The summed E-state index contributed by atoms with van der Waals surface area (Å²) in [6, 6.07) is 5.77. The number of alkyl halides is 3. The molecule has 1 aromatic carbocycles. The average molecular weight is 481 g/mol. The zero-order valence-corrected chi connectivity index (χ0v) is 19.1. The highest BCUT2D eigenvalue weighted by molar-refractivity contribution is 7.85. The molecule has 1 unspecified atom stereocenters. The highest BCUT2D eigenvalue weighted by Crippen LogP contribution is 2.35. The van der Waals surface area contributed by atoms with Gasteiger partial charge in [-0.05, 0) is 49.3 Å². The van der Waals surface area contributed by atoms with Gasteiger partial charge in [0.25, 0.3) is 0 Å². The van der Waals surface area contributed by atoms with E-state index in [4.69, 9.17) is 14.7 Å². The van der Waals surface area contributed by atoms with Gasteiger partial charge in [0.15, 0.2) is 0 Å². The maximum Gasteiger partial charge on any atom is 0.416 e. The van der Waals surface area contributed by atoms with Crippen molar-refractivity contribution in [3.8, 4) is 0 Å². The Kier molecular flexibility index (Phi) is 6.30. The molecule has 2 aromatic rings. The number of fused-ring (bicyclic) bond motifs is 1. The molecule has 0 saturated carbocycles. The van der Waals surface area contributed by atoms with Gasteiger partial charge >= 0.3 is 6.18 Å². The van der Waals surface area contributed by atoms with Crippen LogP contribution in [0.3, 0.4) is 0 Å². The van der Waals surface area contributed by atoms with Gasteiger partial charge in [0.1, 0.15) is 10.7 Å². The molecule has 0 aliphatic carbocycles. The van der Waals surface area contributed by atoms with Crippen LogP contribution in [0.4, 0.5) is 24.9 Å². The average Bonchev–Trinajstić information content (AvgIpc) is 3.20. The van der Waals surface area contributed by atoms with Crippen LogP contribution in [0, 0.1) is 0 Å². The van der Waals surface area contributed by atoms with E-state index in [9.17, 15) is 17.4 Å². The summed E-state index contributed by atoms with van der Waals surface area (Å²) in [4.78, 5) is 12.4. The summed E-state index contributed by atoms with van der Waals surface area (Å²) in [5.74, 6) is 2.12. The molecule has 0 bridgehead atoms. The number of aromatic nitrogens is 2. The van der Waals surface area contributed by atoms with E-state index in [0.29, 0.717) is 37.2 Å². The third kappa shape index (κ3) is 4.87. The molecule has 0 spiro atoms. The molecule has 10 heteroatoms. The quantitative estimate of drug-likeness (QED) is 0.710. The third-order valence-corrected chi connectivity index (χ3v) is 8.18. The van der Waals surface area contributed by atoms with Gasteiger partial charge in [-0.3, -0.25) is 4.21 Å². The van der Waals surface area contributed by atoms with Crippen LogP contribution in [0.15, 0.2) is 29.2 Å². The SMILES string of the molecule is O=S1CCc2nc(N3CCC(c4ccc(C(F)(F)F)cc4)CC3)nc(NC3CCOCC3)c21. The zero-order valence-electron chi connectivity index (χ0n) is 18.2. The topological polar surface area (TPSA) is 67.4 Å². The van der Waals surface area contributed by atoms with Gasteiger partial charge < -0.3 is 15.0 Å². The van der Waals surface area contributed by atoms with E-state index in [1.807, 2.05) is 0 Å². The van der Waals surface area contributed by atoms with Crippen LogP contribution >= 0.6 is 0 Å². The van der Waals surface area contributed by atoms with Crippen LogP contribution in [-0.2, 0) is 28.1 Å². The lowest BCUT2D eigenvalue weighted by atomic mass is 9.89. The summed E-state index contributed by atoms with van der Waals surface area (Å²) < 4.78 is 56.6. The van der Waals surface area contributed by atoms with E-state index in [1.165, 1.54) is 12.1 Å². The van der Waals surface area contributed by atoms with Gasteiger partial charge in [0.2, 0.25) is 5.95 Å². The molecule has 1 atom stereocenters. The summed E-state index contributed by atoms with van der Waals surface area (Å²) >= 11 is 0. The standard InChI is InChI=1S/C23H27F3N4O2S/c24-23(25,26)17-3-1-15(2-4-17)16-5-10-30(11-6-16)22-28-19-9-14-33(31)20(19)21(29-22)27-18-7-12-32-13-8-18/h1-4,16,18H,5-14H2,(H,27,28,29). The zero-order chi connectivity index (χ0) is 23.0. The third-order valence-electron chi connectivity index (χ3n) is 6.73. The molecule has 2 saturated heterocycles. The highest BCUT2D eigenvalue weighted by atomic mass is 32.2. The lowest BCUT2D eigenvalue weighted by Gasteiger charge is -2.33. The Labute approximate surface area is 193 Å². The second-order valence-corrected chi connectivity index (χ2v) is 10.4. The van der Waals surface area contributed by atoms with Gasteiger partial charge in [-0.2, -0.15) is 18.2 Å². The molecule has 4 heterocycles. The number of piperidine rings is 1. The van der Waals surface area contributed by atoms with E-state index < -0.39 is 22.5 Å². The number of benzene rings is 1. The molecule has 0 amide bonds. The summed E-state index contributed by atoms with van der Waals surface area (Å²) in [6.45, 7) is 2.87. The Bertz CT molecular complexity index is 1020. The molecule has 3 aliphatic heterocycles. The number of hydrogen-bond acceptors (Lipinski definition) is 6. The first-order valence-electron chi connectivity index (χ1n) is 11.4. The first-order chi connectivity index (χ1) is 15.9. The molecule has 2 fully saturated rings. The highest BCUT2D eigenvalue weighted by Gasteiger charge is 2.32. The number of halogens is 3. The first-order valence-corrected chi connectivity index (χ1v) is 12.8. The minimum atomic E-state index is -4.31. The van der Waals surface area contributed by atoms with Crippen LogP contribution in [0.2, 0.25) is 0 Å². The predicted octanol–water partition coefficient (Wildman–Crippen LogP) is 4.13. The number of rotatable bonds is 4. The minimum absolute atomic E-state index is 0.213. The van der Waals surface area contributed by atoms with Crippen LogP contribution in [-0.4, -0.2) is 52.3 Å². The summed E-state index contributed by atoms with van der Waals surface area (Å²) in [5.41, 5.74) is 1.18. The molecular formula is C23H27F3N4O2S. The van der Waals surface area contributed by atoms with Gasteiger partial charge in [-0.1, -0.05) is 12.1 Å². The smallest absolute Gasteiger partial charge is 0.381 e. The van der Waals surface area contributed by atoms with Crippen LogP contribution in [0.1, 0.15) is 48.4 Å². The minimum Gasteiger partial charge on any atom is -0.381 e. The van der Waals surface area contributed by atoms with Gasteiger partial charge in [-0.15, -0.1) is 0 Å². The second-order valence-electron chi connectivity index (χ2n) is 8.86. The number of anilines is 2. The number of aryl methyl sites for hydroxylation is 1. The second kappa shape index (κ2) is 9.21. The van der Waals surface area contributed by atoms with E-state index in [0.717, 1.165) is 54.9 Å². The fraction of sp³-hybridized carbons (Fsp3) is 0.565. The molecule has 1 N–H and O–H groups in total. The van der Waals surface area contributed by atoms with Crippen molar-refractivity contribution in [2.45, 2.75) is 55.1 Å². The fourth-order valence-corrected chi connectivity index (χ4v) is 6.13. The Balaban J connectivity index is 1.30. The Morgan fingerprint density at radius 3 is 2.39 bits per heavy atom. The van der Waals surface area contributed by atoms with Crippen molar-refractivity contribution < 1.29 is 22.1 Å². The van der Waals surface area contributed by atoms with E-state index >= 15 is 0 Å². The molecule has 3 aliphatic rings. The maximum absolute atomic E-state index is 12.8. The number of nitrogens with one attached hydrogen (secondary N) is 1. The van der Waals surface area contributed by atoms with E-state index in [-0.39, 0.29) is 12.0 Å². The van der Waals surface area contributed by atoms with Crippen LogP contribution in [0.5, 0.6) is 0 Å². The summed E-state index contributed by atoms with van der Waals surface area (Å²) in [7, 11) is -1.08. The number of hydrogen-bond donors (Lipinski definition) is 1. The number of ether oxygens (including phenoxy) is 1. The maximum atomic E-state index is 12.8. The van der Waals surface area contributed by atoms with Gasteiger partial charge in [0.05, 0.1) is 22.1 Å². The molecule has 1 aromatic heterocycles. The van der Waals surface area contributed by atoms with E-state index in [1.54, 1.807) is 12.1 Å². The predicted molar refractivity (Wildman–Crippen MR) is 120 cm³/mol. The van der Waals surface area contributed by atoms with Crippen LogP contribution in [0.25, 0.3) is 0 Å². The van der Waals surface area contributed by atoms with Crippen molar-refractivity contribution in [3.63, 3.8) is 0 Å². The van der Waals surface area contributed by atoms with Crippen molar-refractivity contribution >= 4 is 22.6 Å². The molecule has 5 rings (SSSR count). The first kappa shape index (κ1) is 22.6. The van der Waals surface area contributed by atoms with Gasteiger partial charge in [-0.25, -0.2) is 4.98 Å². The monoisotopic (exact) mass is 480 g/mol. The van der Waals surface area contributed by atoms with Crippen molar-refractivity contribution in [2.75, 3.05) is 42.3 Å².